The third kappa shape index (κ3) is 2.87. The largest absolute Gasteiger partial charge is 0.207 e. The molecule has 0 heterocycles. The van der Waals surface area contributed by atoms with E-state index in [4.69, 9.17) is 6.58 Å². The van der Waals surface area contributed by atoms with Crippen LogP contribution in [0.25, 0.3) is 0 Å². The molecule has 0 nitrogen and oxygen atoms in total. The van der Waals surface area contributed by atoms with E-state index in [2.05, 4.69) is 0 Å². The van der Waals surface area contributed by atoms with Crippen molar-refractivity contribution in [1.29, 1.82) is 0 Å². The average Bonchev–Trinajstić information content (AvgIpc) is 2.09. The highest BCUT2D eigenvalue weighted by Crippen LogP contribution is 2.06. The van der Waals surface area contributed by atoms with E-state index in [1.807, 2.05) is 12.1 Å². The van der Waals surface area contributed by atoms with Crippen LogP contribution in [0.3, 0.4) is 0 Å². The third-order valence-electron chi connectivity index (χ3n) is 1.75. The Balaban J connectivity index is 2.42. The lowest BCUT2D eigenvalue weighted by atomic mass is 10.1. The highest BCUT2D eigenvalue weighted by molar-refractivity contribution is 5.15. The van der Waals surface area contributed by atoms with Crippen molar-refractivity contribution in [2.24, 2.45) is 0 Å². The Morgan fingerprint density at radius 2 is 1.92 bits per heavy atom. The normalized spacial score (nSPS) is 9.75. The maximum Gasteiger partial charge on any atom is 0.123 e. The molecule has 12 heavy (non-hydrogen) atoms. The van der Waals surface area contributed by atoms with Gasteiger partial charge >= 0.3 is 0 Å². The zero-order valence-corrected chi connectivity index (χ0v) is 6.96. The van der Waals surface area contributed by atoms with Crippen molar-refractivity contribution >= 4 is 0 Å². The molecule has 0 unspecified atom stereocenters. The van der Waals surface area contributed by atoms with Gasteiger partial charge < -0.3 is 0 Å². The van der Waals surface area contributed by atoms with Gasteiger partial charge in [0.15, 0.2) is 0 Å². The molecule has 1 aromatic rings. The lowest BCUT2D eigenvalue weighted by Gasteiger charge is -1.98. The van der Waals surface area contributed by atoms with E-state index in [1.165, 1.54) is 17.7 Å². The molecule has 0 bridgehead atoms. The first-order valence-corrected chi connectivity index (χ1v) is 4.11. The molecular formula is C11H12F. The molecule has 0 spiro atoms. The molecule has 1 rings (SSSR count). The Hall–Kier alpha value is -1.11. The lowest BCUT2D eigenvalue weighted by Crippen LogP contribution is -1.84. The third-order valence-corrected chi connectivity index (χ3v) is 1.75. The van der Waals surface area contributed by atoms with Crippen LogP contribution in [0, 0.1) is 12.4 Å². The molecule has 0 fully saturated rings. The summed E-state index contributed by atoms with van der Waals surface area (Å²) in [5.41, 5.74) is 1.17. The maximum atomic E-state index is 12.4. The van der Waals surface area contributed by atoms with E-state index < -0.39 is 0 Å². The minimum atomic E-state index is -0.177. The minimum Gasteiger partial charge on any atom is -0.207 e. The van der Waals surface area contributed by atoms with Crippen LogP contribution in [0.2, 0.25) is 0 Å². The Morgan fingerprint density at radius 3 is 2.50 bits per heavy atom. The van der Waals surface area contributed by atoms with Gasteiger partial charge in [-0.2, -0.15) is 0 Å². The second kappa shape index (κ2) is 4.70. The van der Waals surface area contributed by atoms with Crippen molar-refractivity contribution in [3.63, 3.8) is 0 Å². The fourth-order valence-corrected chi connectivity index (χ4v) is 1.08. The number of hydrogen-bond donors (Lipinski definition) is 0. The maximum absolute atomic E-state index is 12.4. The minimum absolute atomic E-state index is 0.177. The number of allylic oxidation sites excluding steroid dienone is 1. The van der Waals surface area contributed by atoms with Gasteiger partial charge in [0, 0.05) is 0 Å². The summed E-state index contributed by atoms with van der Waals surface area (Å²) in [7, 11) is 0. The number of unbranched alkanes of at least 4 members (excludes halogenated alkanes) is 1. The van der Waals surface area contributed by atoms with Crippen molar-refractivity contribution in [3.8, 4) is 0 Å². The van der Waals surface area contributed by atoms with Crippen LogP contribution in [0.4, 0.5) is 4.39 Å². The Bertz CT molecular complexity index is 236. The number of halogens is 1. The molecule has 0 aromatic heterocycles. The first kappa shape index (κ1) is 8.98. The smallest absolute Gasteiger partial charge is 0.123 e. The summed E-state index contributed by atoms with van der Waals surface area (Å²) in [6.07, 6.45) is 4.57. The van der Waals surface area contributed by atoms with Crippen molar-refractivity contribution in [2.75, 3.05) is 0 Å². The molecule has 0 aliphatic heterocycles. The van der Waals surface area contributed by atoms with Crippen molar-refractivity contribution in [2.45, 2.75) is 19.3 Å². The van der Waals surface area contributed by atoms with Gasteiger partial charge in [0.05, 0.1) is 0 Å². The summed E-state index contributed by atoms with van der Waals surface area (Å²) < 4.78 is 12.4. The molecule has 0 aliphatic carbocycles. The molecule has 1 aromatic carbocycles. The molecule has 0 aliphatic rings. The first-order valence-electron chi connectivity index (χ1n) is 4.11. The number of aryl methyl sites for hydroxylation is 1. The Kier molecular flexibility index (Phi) is 3.52. The van der Waals surface area contributed by atoms with Crippen molar-refractivity contribution < 1.29 is 4.39 Å². The summed E-state index contributed by atoms with van der Waals surface area (Å²) in [6.45, 7) is 5.23. The fraction of sp³-hybridized carbons (Fsp3) is 0.273. The lowest BCUT2D eigenvalue weighted by molar-refractivity contribution is 0.626. The average molecular weight is 163 g/mol. The van der Waals surface area contributed by atoms with Gasteiger partial charge in [-0.25, -0.2) is 4.39 Å². The monoisotopic (exact) mass is 163 g/mol. The van der Waals surface area contributed by atoms with Crippen LogP contribution in [0.1, 0.15) is 18.4 Å². The highest BCUT2D eigenvalue weighted by atomic mass is 19.1. The van der Waals surface area contributed by atoms with Gasteiger partial charge in [-0.15, -0.1) is 0 Å². The quantitative estimate of drug-likeness (QED) is 0.598. The van der Waals surface area contributed by atoms with E-state index in [-0.39, 0.29) is 5.82 Å². The van der Waals surface area contributed by atoms with Crippen molar-refractivity contribution in [1.82, 2.24) is 0 Å². The van der Waals surface area contributed by atoms with E-state index >= 15 is 0 Å². The Morgan fingerprint density at radius 1 is 1.25 bits per heavy atom. The van der Waals surface area contributed by atoms with Gasteiger partial charge in [-0.1, -0.05) is 24.8 Å². The van der Waals surface area contributed by atoms with Gasteiger partial charge in [-0.3, -0.25) is 0 Å². The van der Waals surface area contributed by atoms with Crippen LogP contribution < -0.4 is 0 Å². The molecule has 0 amide bonds. The van der Waals surface area contributed by atoms with Crippen LogP contribution in [-0.2, 0) is 6.42 Å². The summed E-state index contributed by atoms with van der Waals surface area (Å²) in [6, 6.07) is 6.60. The molecule has 1 radical (unpaired) electrons. The van der Waals surface area contributed by atoms with Crippen LogP contribution in [0.5, 0.6) is 0 Å². The van der Waals surface area contributed by atoms with E-state index in [0.29, 0.717) is 0 Å². The van der Waals surface area contributed by atoms with E-state index in [0.717, 1.165) is 19.3 Å². The van der Waals surface area contributed by atoms with Crippen LogP contribution in [-0.4, -0.2) is 0 Å². The molecule has 0 atom stereocenters. The summed E-state index contributed by atoms with van der Waals surface area (Å²) in [5.74, 6) is -0.177. The van der Waals surface area contributed by atoms with E-state index in [9.17, 15) is 4.39 Å². The van der Waals surface area contributed by atoms with Gasteiger partial charge in [0.25, 0.3) is 0 Å². The number of hydrogen-bond acceptors (Lipinski definition) is 0. The molecule has 0 N–H and O–H groups in total. The number of benzene rings is 1. The fourth-order valence-electron chi connectivity index (χ4n) is 1.08. The summed E-state index contributed by atoms with van der Waals surface area (Å²) in [4.78, 5) is 0. The van der Waals surface area contributed by atoms with Gasteiger partial charge in [0.1, 0.15) is 5.82 Å². The molecule has 0 saturated carbocycles. The van der Waals surface area contributed by atoms with Crippen LogP contribution >= 0.6 is 0 Å². The van der Waals surface area contributed by atoms with Crippen LogP contribution in [0.15, 0.2) is 30.3 Å². The topological polar surface area (TPSA) is 0 Å². The SMILES string of the molecule is [CH]=CCCCc1ccc(F)cc1. The standard InChI is InChI=1S/C11H12F/c1-2-3-4-5-10-6-8-11(12)9-7-10/h1-2,6-9H,3-5H2. The summed E-state index contributed by atoms with van der Waals surface area (Å²) >= 11 is 0. The van der Waals surface area contributed by atoms with Gasteiger partial charge in [0.2, 0.25) is 0 Å². The second-order valence-electron chi connectivity index (χ2n) is 2.75. The first-order chi connectivity index (χ1) is 5.83. The van der Waals surface area contributed by atoms with Crippen molar-refractivity contribution in [3.05, 3.63) is 48.3 Å². The zero-order valence-electron chi connectivity index (χ0n) is 6.96. The highest BCUT2D eigenvalue weighted by Gasteiger charge is 1.92. The molecule has 0 saturated heterocycles. The van der Waals surface area contributed by atoms with E-state index in [1.54, 1.807) is 6.08 Å². The molecule has 1 heteroatoms. The predicted octanol–water partition coefficient (Wildman–Crippen LogP) is 3.14. The second-order valence-corrected chi connectivity index (χ2v) is 2.75. The summed E-state index contributed by atoms with van der Waals surface area (Å²) in [5, 5.41) is 0. The Labute approximate surface area is 72.7 Å². The zero-order chi connectivity index (χ0) is 8.81. The predicted molar refractivity (Wildman–Crippen MR) is 48.2 cm³/mol. The molecule has 63 valence electrons. The molecular weight excluding hydrogens is 151 g/mol. The van der Waals surface area contributed by atoms with Gasteiger partial charge in [-0.05, 0) is 37.0 Å². The number of rotatable bonds is 4.